The van der Waals surface area contributed by atoms with Gasteiger partial charge in [0, 0.05) is 49.8 Å². The van der Waals surface area contributed by atoms with Crippen molar-refractivity contribution in [2.75, 3.05) is 31.5 Å². The molecule has 5 N–H and O–H groups in total. The highest BCUT2D eigenvalue weighted by Gasteiger charge is 2.25. The summed E-state index contributed by atoms with van der Waals surface area (Å²) in [5.41, 5.74) is 15.4. The summed E-state index contributed by atoms with van der Waals surface area (Å²) in [6.45, 7) is 12.3. The van der Waals surface area contributed by atoms with Gasteiger partial charge >= 0.3 is 0 Å². The van der Waals surface area contributed by atoms with Crippen molar-refractivity contribution < 1.29 is 9.18 Å². The Hall–Kier alpha value is -2.80. The predicted octanol–water partition coefficient (Wildman–Crippen LogP) is 3.60. The molecule has 3 rings (SSSR count). The van der Waals surface area contributed by atoms with E-state index in [-0.39, 0.29) is 11.5 Å². The van der Waals surface area contributed by atoms with Gasteiger partial charge in [0.2, 0.25) is 0 Å². The van der Waals surface area contributed by atoms with E-state index in [0.29, 0.717) is 23.8 Å². The lowest BCUT2D eigenvalue weighted by molar-refractivity contribution is -0.112. The maximum atomic E-state index is 14.3. The summed E-state index contributed by atoms with van der Waals surface area (Å²) >= 11 is 0. The number of rotatable bonds is 7. The first-order chi connectivity index (χ1) is 15.2. The van der Waals surface area contributed by atoms with Crippen LogP contribution >= 0.6 is 0 Å². The van der Waals surface area contributed by atoms with Crippen LogP contribution in [0.2, 0.25) is 0 Å². The molecule has 1 saturated carbocycles. The van der Waals surface area contributed by atoms with Crippen LogP contribution < -0.4 is 16.8 Å². The highest BCUT2D eigenvalue weighted by Crippen LogP contribution is 2.32. The summed E-state index contributed by atoms with van der Waals surface area (Å²) in [6.07, 6.45) is 8.15. The van der Waals surface area contributed by atoms with E-state index in [0.717, 1.165) is 37.3 Å². The lowest BCUT2D eigenvalue weighted by atomic mass is 10.0. The van der Waals surface area contributed by atoms with Crippen molar-refractivity contribution in [3.63, 3.8) is 0 Å². The van der Waals surface area contributed by atoms with Gasteiger partial charge < -0.3 is 21.7 Å². The Morgan fingerprint density at radius 3 is 2.47 bits per heavy atom. The molecule has 0 aromatic heterocycles. The third kappa shape index (κ3) is 6.13. The lowest BCUT2D eigenvalue weighted by Gasteiger charge is -2.39. The second kappa shape index (κ2) is 10.7. The van der Waals surface area contributed by atoms with E-state index >= 15 is 0 Å². The molecule has 1 saturated heterocycles. The largest absolute Gasteiger partial charge is 0.402 e. The van der Waals surface area contributed by atoms with Gasteiger partial charge in [-0.2, -0.15) is 0 Å². The van der Waals surface area contributed by atoms with Crippen LogP contribution in [0.5, 0.6) is 0 Å². The number of carbonyl (C=O) groups is 1. The number of nitrogens with one attached hydrogen (secondary N) is 1. The molecule has 32 heavy (non-hydrogen) atoms. The molecule has 2 fully saturated rings. The van der Waals surface area contributed by atoms with Crippen molar-refractivity contribution in [1.29, 1.82) is 0 Å². The number of benzene rings is 1. The van der Waals surface area contributed by atoms with E-state index in [1.165, 1.54) is 43.5 Å². The molecular weight excluding hydrogens is 405 g/mol. The normalized spacial score (nSPS) is 18.8. The van der Waals surface area contributed by atoms with Crippen LogP contribution in [0.25, 0.3) is 0 Å². The fraction of sp³-hybridized carbons (Fsp3) is 0.480. The maximum Gasteiger partial charge on any atom is 0.271 e. The average molecular weight is 442 g/mol. The van der Waals surface area contributed by atoms with Gasteiger partial charge in [0.1, 0.15) is 5.82 Å². The van der Waals surface area contributed by atoms with E-state index in [1.807, 2.05) is 6.92 Å². The molecule has 1 aliphatic heterocycles. The first kappa shape index (κ1) is 23.9. The summed E-state index contributed by atoms with van der Waals surface area (Å²) in [4.78, 5) is 17.1. The third-order valence-electron chi connectivity index (χ3n) is 6.52. The smallest absolute Gasteiger partial charge is 0.271 e. The molecule has 6 nitrogen and oxygen atoms in total. The van der Waals surface area contributed by atoms with Crippen LogP contribution in [0.15, 0.2) is 48.0 Å². The van der Waals surface area contributed by atoms with E-state index in [1.54, 1.807) is 19.1 Å². The van der Waals surface area contributed by atoms with Gasteiger partial charge in [-0.15, -0.1) is 0 Å². The van der Waals surface area contributed by atoms with Crippen molar-refractivity contribution >= 4 is 11.6 Å². The number of nitrogens with zero attached hydrogens (tertiary/aromatic N) is 2. The van der Waals surface area contributed by atoms with E-state index in [9.17, 15) is 9.18 Å². The fourth-order valence-corrected chi connectivity index (χ4v) is 4.47. The monoisotopic (exact) mass is 441 g/mol. The van der Waals surface area contributed by atoms with Crippen LogP contribution in [-0.4, -0.2) is 41.9 Å². The number of carbonyl (C=O) groups excluding carboxylic acids is 1. The number of piperazine rings is 1. The fourth-order valence-electron chi connectivity index (χ4n) is 4.47. The van der Waals surface area contributed by atoms with E-state index in [2.05, 4.69) is 21.7 Å². The van der Waals surface area contributed by atoms with Crippen LogP contribution in [-0.2, 0) is 11.3 Å². The van der Waals surface area contributed by atoms with Crippen LogP contribution in [0, 0.1) is 18.7 Å². The number of hydrogen-bond donors (Lipinski definition) is 3. The minimum absolute atomic E-state index is 0.0126. The highest BCUT2D eigenvalue weighted by atomic mass is 19.1. The molecule has 2 aliphatic rings. The van der Waals surface area contributed by atoms with Gasteiger partial charge in [-0.1, -0.05) is 19.4 Å². The Bertz CT molecular complexity index is 905. The van der Waals surface area contributed by atoms with Crippen molar-refractivity contribution in [3.8, 4) is 0 Å². The third-order valence-corrected chi connectivity index (χ3v) is 6.52. The molecule has 1 aliphatic carbocycles. The zero-order valence-electron chi connectivity index (χ0n) is 19.3. The van der Waals surface area contributed by atoms with Crippen LogP contribution in [0.1, 0.15) is 43.7 Å². The summed E-state index contributed by atoms with van der Waals surface area (Å²) in [6, 6.07) is 2.88. The second-order valence-corrected chi connectivity index (χ2v) is 8.96. The Labute approximate surface area is 190 Å². The summed E-state index contributed by atoms with van der Waals surface area (Å²) in [5.74, 6) is -0.223. The molecule has 0 spiro atoms. The number of allylic oxidation sites excluding steroid dienone is 4. The topological polar surface area (TPSA) is 87.6 Å². The van der Waals surface area contributed by atoms with Gasteiger partial charge in [-0.3, -0.25) is 9.69 Å². The first-order valence-corrected chi connectivity index (χ1v) is 11.4. The van der Waals surface area contributed by atoms with Gasteiger partial charge in [0.05, 0.1) is 5.70 Å². The molecular formula is C25H36FN5O. The molecule has 0 unspecified atom stereocenters. The van der Waals surface area contributed by atoms with Gasteiger partial charge in [-0.25, -0.2) is 4.39 Å². The number of anilines is 1. The first-order valence-electron chi connectivity index (χ1n) is 11.4. The molecule has 7 heteroatoms. The zero-order valence-corrected chi connectivity index (χ0v) is 19.3. The molecule has 0 bridgehead atoms. The minimum atomic E-state index is -0.485. The Balaban J connectivity index is 1.62. The van der Waals surface area contributed by atoms with Crippen molar-refractivity contribution in [1.82, 2.24) is 9.80 Å². The molecule has 1 heterocycles. The summed E-state index contributed by atoms with van der Waals surface area (Å²) < 4.78 is 14.3. The quantitative estimate of drug-likeness (QED) is 0.445. The van der Waals surface area contributed by atoms with E-state index in [4.69, 9.17) is 11.5 Å². The molecule has 0 atom stereocenters. The maximum absolute atomic E-state index is 14.3. The molecule has 1 amide bonds. The van der Waals surface area contributed by atoms with Crippen molar-refractivity contribution in [2.45, 2.75) is 46.1 Å². The Morgan fingerprint density at radius 1 is 1.19 bits per heavy atom. The number of nitrogens with two attached hydrogens (primary N) is 2. The zero-order chi connectivity index (χ0) is 23.3. The number of amides is 1. The Morgan fingerprint density at radius 2 is 1.84 bits per heavy atom. The van der Waals surface area contributed by atoms with Gasteiger partial charge in [-0.05, 0) is 68.0 Å². The van der Waals surface area contributed by atoms with E-state index < -0.39 is 5.91 Å². The second-order valence-electron chi connectivity index (χ2n) is 8.96. The average Bonchev–Trinajstić information content (AvgIpc) is 3.30. The highest BCUT2D eigenvalue weighted by molar-refractivity contribution is 6.03. The van der Waals surface area contributed by atoms with Gasteiger partial charge in [0.15, 0.2) is 0 Å². The number of hydrogen-bond acceptors (Lipinski definition) is 5. The van der Waals surface area contributed by atoms with Crippen LogP contribution in [0.3, 0.4) is 0 Å². The summed E-state index contributed by atoms with van der Waals surface area (Å²) in [5, 5.41) is 2.72. The molecule has 0 radical (unpaired) electrons. The minimum Gasteiger partial charge on any atom is -0.402 e. The standard InChI is InChI=1S/C25H36FN5O/c1-17(27)8-9-23(28)25(32)29-24-15-22(26)14-21(18(24)2)16-30-10-12-31(13-11-30)19(3)20-6-4-5-7-20/h8-9,14-15,20H,3-7,10-13,16,27-28H2,1-2H3,(H,29,32)/b17-8-,23-9-. The van der Waals surface area contributed by atoms with Crippen molar-refractivity contribution in [3.05, 3.63) is 64.9 Å². The van der Waals surface area contributed by atoms with Gasteiger partial charge in [0.25, 0.3) is 5.91 Å². The molecule has 1 aromatic carbocycles. The molecule has 1 aromatic rings. The molecule has 174 valence electrons. The number of halogens is 1. The lowest BCUT2D eigenvalue weighted by Crippen LogP contribution is -2.46. The van der Waals surface area contributed by atoms with Crippen LogP contribution in [0.4, 0.5) is 10.1 Å². The SMILES string of the molecule is C=C(C1CCCC1)N1CCN(Cc2cc(F)cc(NC(=O)/C(N)=C/C=C(/C)N)c2C)CC1. The Kier molecular flexibility index (Phi) is 7.96. The van der Waals surface area contributed by atoms with Crippen molar-refractivity contribution in [2.24, 2.45) is 17.4 Å². The predicted molar refractivity (Wildman–Crippen MR) is 128 cm³/mol. The summed E-state index contributed by atoms with van der Waals surface area (Å²) in [7, 11) is 0.